The van der Waals surface area contributed by atoms with Crippen LogP contribution in [0.4, 0.5) is 0 Å². The van der Waals surface area contributed by atoms with Crippen molar-refractivity contribution >= 4 is 75.3 Å². The second kappa shape index (κ2) is 9.32. The first-order valence-electron chi connectivity index (χ1n) is 14.9. The number of para-hydroxylation sites is 2. The summed E-state index contributed by atoms with van der Waals surface area (Å²) in [5, 5.41) is 7.03. The third-order valence-electron chi connectivity index (χ3n) is 8.65. The number of thiophene rings is 1. The standard InChI is InChI=1S/C39H22N4OS/c1-3-11-23(12-4-1)37-40-38(24-13-5-2-6-14-24)42-39(41-37)43-31-17-9-7-15-25(31)27-21-35-30(20-32(27)43)29-19-28-26-16-8-10-18-33(26)44-34(28)22-36(29)45-35/h1-22H. The van der Waals surface area contributed by atoms with Crippen LogP contribution in [0.5, 0.6) is 0 Å². The van der Waals surface area contributed by atoms with E-state index in [1.54, 1.807) is 11.3 Å². The number of nitrogens with zero attached hydrogens (tertiary/aromatic N) is 4. The minimum Gasteiger partial charge on any atom is -0.456 e. The van der Waals surface area contributed by atoms with Gasteiger partial charge in [0.25, 0.3) is 0 Å². The van der Waals surface area contributed by atoms with Gasteiger partial charge in [-0.1, -0.05) is 97.1 Å². The first-order valence-corrected chi connectivity index (χ1v) is 15.7. The highest BCUT2D eigenvalue weighted by Gasteiger charge is 2.20. The highest BCUT2D eigenvalue weighted by Crippen LogP contribution is 2.43. The Bertz CT molecular complexity index is 2700. The van der Waals surface area contributed by atoms with Gasteiger partial charge in [0, 0.05) is 52.8 Å². The summed E-state index contributed by atoms with van der Waals surface area (Å²) in [6, 6.07) is 46.1. The maximum absolute atomic E-state index is 6.23. The molecule has 0 amide bonds. The molecule has 45 heavy (non-hydrogen) atoms. The lowest BCUT2D eigenvalue weighted by atomic mass is 10.1. The molecule has 0 unspecified atom stereocenters. The van der Waals surface area contributed by atoms with Crippen LogP contribution in [0.25, 0.3) is 92.6 Å². The second-order valence-corrected chi connectivity index (χ2v) is 12.4. The quantitative estimate of drug-likeness (QED) is 0.204. The van der Waals surface area contributed by atoms with Gasteiger partial charge >= 0.3 is 0 Å². The molecule has 6 heteroatoms. The van der Waals surface area contributed by atoms with Crippen molar-refractivity contribution in [3.8, 4) is 28.7 Å². The Kier molecular flexibility index (Phi) is 5.09. The van der Waals surface area contributed by atoms with Crippen LogP contribution < -0.4 is 0 Å². The summed E-state index contributed by atoms with van der Waals surface area (Å²) in [6.45, 7) is 0. The number of rotatable bonds is 3. The molecule has 0 bridgehead atoms. The molecule has 0 N–H and O–H groups in total. The van der Waals surface area contributed by atoms with E-state index < -0.39 is 0 Å². The third kappa shape index (κ3) is 3.70. The predicted molar refractivity (Wildman–Crippen MR) is 185 cm³/mol. The SMILES string of the molecule is c1ccc(-c2nc(-c3ccccc3)nc(-n3c4ccccc4c4cc5sc6cc7oc8ccccc8c7cc6c5cc43)n2)cc1. The van der Waals surface area contributed by atoms with Gasteiger partial charge in [-0.15, -0.1) is 11.3 Å². The Morgan fingerprint density at radius 3 is 1.82 bits per heavy atom. The van der Waals surface area contributed by atoms with Gasteiger partial charge in [-0.05, 0) is 36.4 Å². The second-order valence-electron chi connectivity index (χ2n) is 11.3. The van der Waals surface area contributed by atoms with Gasteiger partial charge in [0.15, 0.2) is 11.6 Å². The van der Waals surface area contributed by atoms with Gasteiger partial charge in [-0.3, -0.25) is 4.57 Å². The molecule has 0 aliphatic rings. The molecular formula is C39H22N4OS. The molecule has 0 atom stereocenters. The molecule has 0 radical (unpaired) electrons. The Labute approximate surface area is 260 Å². The topological polar surface area (TPSA) is 56.7 Å². The Balaban J connectivity index is 1.30. The third-order valence-corrected chi connectivity index (χ3v) is 9.77. The fourth-order valence-corrected chi connectivity index (χ4v) is 7.71. The summed E-state index contributed by atoms with van der Waals surface area (Å²) in [7, 11) is 0. The molecule has 0 saturated carbocycles. The van der Waals surface area contributed by atoms with Crippen molar-refractivity contribution in [2.75, 3.05) is 0 Å². The molecule has 10 rings (SSSR count). The first-order chi connectivity index (χ1) is 22.3. The molecule has 4 heterocycles. The molecule has 6 aromatic carbocycles. The van der Waals surface area contributed by atoms with Crippen molar-refractivity contribution in [2.24, 2.45) is 0 Å². The zero-order valence-corrected chi connectivity index (χ0v) is 24.6. The lowest BCUT2D eigenvalue weighted by Crippen LogP contribution is -2.06. The number of fused-ring (bicyclic) bond motifs is 9. The van der Waals surface area contributed by atoms with Gasteiger partial charge in [0.05, 0.1) is 11.0 Å². The minimum absolute atomic E-state index is 0.594. The summed E-state index contributed by atoms with van der Waals surface area (Å²) in [5.74, 6) is 1.87. The molecule has 0 aliphatic carbocycles. The highest BCUT2D eigenvalue weighted by atomic mass is 32.1. The number of hydrogen-bond donors (Lipinski definition) is 0. The molecule has 10 aromatic rings. The number of benzene rings is 6. The van der Waals surface area contributed by atoms with Crippen LogP contribution in [0.2, 0.25) is 0 Å². The maximum Gasteiger partial charge on any atom is 0.238 e. The van der Waals surface area contributed by atoms with Crippen LogP contribution in [-0.4, -0.2) is 19.5 Å². The number of furan rings is 1. The summed E-state index contributed by atoms with van der Waals surface area (Å²) < 4.78 is 10.9. The summed E-state index contributed by atoms with van der Waals surface area (Å²) in [6.07, 6.45) is 0. The summed E-state index contributed by atoms with van der Waals surface area (Å²) in [4.78, 5) is 15.1. The summed E-state index contributed by atoms with van der Waals surface area (Å²) >= 11 is 1.80. The van der Waals surface area contributed by atoms with Crippen LogP contribution >= 0.6 is 11.3 Å². The van der Waals surface area contributed by atoms with Crippen LogP contribution in [0.15, 0.2) is 138 Å². The molecule has 0 spiro atoms. The number of aromatic nitrogens is 4. The van der Waals surface area contributed by atoms with E-state index in [1.165, 1.54) is 25.6 Å². The minimum atomic E-state index is 0.594. The Morgan fingerprint density at radius 1 is 0.444 bits per heavy atom. The van der Waals surface area contributed by atoms with Gasteiger partial charge in [-0.2, -0.15) is 9.97 Å². The van der Waals surface area contributed by atoms with E-state index >= 15 is 0 Å². The van der Waals surface area contributed by atoms with Crippen molar-refractivity contribution in [3.05, 3.63) is 133 Å². The summed E-state index contributed by atoms with van der Waals surface area (Å²) in [5.41, 5.74) is 5.84. The Hall–Kier alpha value is -5.85. The fourth-order valence-electron chi connectivity index (χ4n) is 6.57. The average molecular weight is 595 g/mol. The molecule has 4 aromatic heterocycles. The largest absolute Gasteiger partial charge is 0.456 e. The van der Waals surface area contributed by atoms with Gasteiger partial charge in [-0.25, -0.2) is 4.98 Å². The lowest BCUT2D eigenvalue weighted by Gasteiger charge is -2.11. The first kappa shape index (κ1) is 24.6. The fraction of sp³-hybridized carbons (Fsp3) is 0. The Morgan fingerprint density at radius 2 is 1.07 bits per heavy atom. The zero-order valence-electron chi connectivity index (χ0n) is 23.8. The lowest BCUT2D eigenvalue weighted by molar-refractivity contribution is 0.669. The maximum atomic E-state index is 6.23. The highest BCUT2D eigenvalue weighted by molar-refractivity contribution is 7.26. The van der Waals surface area contributed by atoms with Crippen molar-refractivity contribution < 1.29 is 4.42 Å². The van der Waals surface area contributed by atoms with Crippen LogP contribution in [0.1, 0.15) is 0 Å². The predicted octanol–water partition coefficient (Wildman–Crippen LogP) is 10.6. The van der Waals surface area contributed by atoms with E-state index in [9.17, 15) is 0 Å². The van der Waals surface area contributed by atoms with Gasteiger partial charge < -0.3 is 4.42 Å². The van der Waals surface area contributed by atoms with Crippen molar-refractivity contribution in [1.82, 2.24) is 19.5 Å². The van der Waals surface area contributed by atoms with Crippen LogP contribution in [0, 0.1) is 0 Å². The van der Waals surface area contributed by atoms with Gasteiger partial charge in [0.1, 0.15) is 11.2 Å². The van der Waals surface area contributed by atoms with Crippen molar-refractivity contribution in [2.45, 2.75) is 0 Å². The van der Waals surface area contributed by atoms with Crippen LogP contribution in [0.3, 0.4) is 0 Å². The molecule has 5 nitrogen and oxygen atoms in total. The number of hydrogen-bond acceptors (Lipinski definition) is 5. The van der Waals surface area contributed by atoms with Crippen molar-refractivity contribution in [1.29, 1.82) is 0 Å². The van der Waals surface area contributed by atoms with E-state index in [-0.39, 0.29) is 0 Å². The van der Waals surface area contributed by atoms with Crippen LogP contribution in [-0.2, 0) is 0 Å². The average Bonchev–Trinajstić information content (AvgIpc) is 3.75. The van der Waals surface area contributed by atoms with E-state index in [0.29, 0.717) is 17.6 Å². The molecule has 210 valence electrons. The molecule has 0 saturated heterocycles. The normalized spacial score (nSPS) is 12.0. The van der Waals surface area contributed by atoms with E-state index in [2.05, 4.69) is 65.2 Å². The zero-order chi connectivity index (χ0) is 29.5. The smallest absolute Gasteiger partial charge is 0.238 e. The monoisotopic (exact) mass is 594 g/mol. The van der Waals surface area contributed by atoms with E-state index in [0.717, 1.165) is 49.5 Å². The van der Waals surface area contributed by atoms with E-state index in [4.69, 9.17) is 19.4 Å². The van der Waals surface area contributed by atoms with E-state index in [1.807, 2.05) is 72.8 Å². The molecule has 0 aliphatic heterocycles. The molecular weight excluding hydrogens is 573 g/mol. The van der Waals surface area contributed by atoms with Gasteiger partial charge in [0.2, 0.25) is 5.95 Å². The van der Waals surface area contributed by atoms with Crippen molar-refractivity contribution in [3.63, 3.8) is 0 Å². The molecule has 0 fully saturated rings.